The van der Waals surface area contributed by atoms with Crippen LogP contribution >= 0.6 is 0 Å². The maximum Gasteiger partial charge on any atom is 0.389 e. The Morgan fingerprint density at radius 2 is 1.60 bits per heavy atom. The van der Waals surface area contributed by atoms with Crippen LogP contribution in [0.5, 0.6) is 0 Å². The fourth-order valence-electron chi connectivity index (χ4n) is 2.40. The largest absolute Gasteiger partial charge is 0.389 e. The van der Waals surface area contributed by atoms with Crippen molar-refractivity contribution in [3.8, 4) is 0 Å². The van der Waals surface area contributed by atoms with E-state index >= 15 is 0 Å². The summed E-state index contributed by atoms with van der Waals surface area (Å²) < 4.78 is 46.7. The maximum atomic E-state index is 11.9. The SMILES string of the molecule is FC(F)(F)CCCCCCCCCOCC1CCCO1. The van der Waals surface area contributed by atoms with Crippen molar-refractivity contribution in [1.29, 1.82) is 0 Å². The Balaban J connectivity index is 1.72. The minimum atomic E-state index is -3.99. The third-order valence-corrected chi connectivity index (χ3v) is 3.58. The maximum absolute atomic E-state index is 11.9. The van der Waals surface area contributed by atoms with Gasteiger partial charge in [0.2, 0.25) is 0 Å². The molecule has 120 valence electrons. The fraction of sp³-hybridized carbons (Fsp3) is 1.00. The highest BCUT2D eigenvalue weighted by Gasteiger charge is 2.25. The molecule has 1 heterocycles. The van der Waals surface area contributed by atoms with Crippen LogP contribution in [0.4, 0.5) is 13.2 Å². The molecule has 20 heavy (non-hydrogen) atoms. The second kappa shape index (κ2) is 10.4. The number of unbranched alkanes of at least 4 members (excludes halogenated alkanes) is 6. The average Bonchev–Trinajstić information content (AvgIpc) is 2.87. The van der Waals surface area contributed by atoms with Crippen LogP contribution in [0.25, 0.3) is 0 Å². The van der Waals surface area contributed by atoms with E-state index in [2.05, 4.69) is 0 Å². The molecule has 1 saturated heterocycles. The molecule has 0 aromatic rings. The smallest absolute Gasteiger partial charge is 0.379 e. The van der Waals surface area contributed by atoms with Gasteiger partial charge in [0.1, 0.15) is 0 Å². The first-order chi connectivity index (χ1) is 9.58. The molecule has 1 aliphatic heterocycles. The van der Waals surface area contributed by atoms with Crippen LogP contribution in [0.15, 0.2) is 0 Å². The quantitative estimate of drug-likeness (QED) is 0.507. The van der Waals surface area contributed by atoms with Gasteiger partial charge >= 0.3 is 6.18 Å². The molecule has 0 aliphatic carbocycles. The zero-order valence-corrected chi connectivity index (χ0v) is 12.2. The highest BCUT2D eigenvalue weighted by atomic mass is 19.4. The molecule has 5 heteroatoms. The van der Waals surface area contributed by atoms with Gasteiger partial charge in [-0.25, -0.2) is 0 Å². The van der Waals surface area contributed by atoms with Gasteiger partial charge in [-0.05, 0) is 25.7 Å². The predicted octanol–water partition coefficient (Wildman–Crippen LogP) is 4.87. The zero-order chi connectivity index (χ0) is 14.7. The lowest BCUT2D eigenvalue weighted by Crippen LogP contribution is -2.14. The van der Waals surface area contributed by atoms with Crippen LogP contribution in [0.1, 0.15) is 64.2 Å². The number of hydrogen-bond acceptors (Lipinski definition) is 2. The van der Waals surface area contributed by atoms with Gasteiger partial charge in [-0.2, -0.15) is 13.2 Å². The van der Waals surface area contributed by atoms with Gasteiger partial charge < -0.3 is 9.47 Å². The molecule has 0 spiro atoms. The van der Waals surface area contributed by atoms with E-state index in [0.717, 1.165) is 58.2 Å². The van der Waals surface area contributed by atoms with Crippen molar-refractivity contribution in [1.82, 2.24) is 0 Å². The Morgan fingerprint density at radius 3 is 2.20 bits per heavy atom. The van der Waals surface area contributed by atoms with E-state index in [0.29, 0.717) is 19.1 Å². The second-order valence-corrected chi connectivity index (χ2v) is 5.55. The van der Waals surface area contributed by atoms with Crippen LogP contribution < -0.4 is 0 Å². The van der Waals surface area contributed by atoms with E-state index in [1.807, 2.05) is 0 Å². The molecule has 0 amide bonds. The zero-order valence-electron chi connectivity index (χ0n) is 12.2. The minimum Gasteiger partial charge on any atom is -0.379 e. The van der Waals surface area contributed by atoms with Gasteiger partial charge in [-0.1, -0.05) is 32.1 Å². The first kappa shape index (κ1) is 17.8. The van der Waals surface area contributed by atoms with Crippen molar-refractivity contribution in [2.75, 3.05) is 19.8 Å². The van der Waals surface area contributed by atoms with Gasteiger partial charge in [0, 0.05) is 19.6 Å². The topological polar surface area (TPSA) is 18.5 Å². The Morgan fingerprint density at radius 1 is 0.950 bits per heavy atom. The molecule has 1 unspecified atom stereocenters. The van der Waals surface area contributed by atoms with Crippen LogP contribution in [0.3, 0.4) is 0 Å². The van der Waals surface area contributed by atoms with E-state index in [9.17, 15) is 13.2 Å². The van der Waals surface area contributed by atoms with Gasteiger partial charge in [-0.3, -0.25) is 0 Å². The molecule has 0 saturated carbocycles. The summed E-state index contributed by atoms with van der Waals surface area (Å²) in [7, 11) is 0. The molecule has 1 fully saturated rings. The average molecular weight is 296 g/mol. The van der Waals surface area contributed by atoms with Crippen LogP contribution in [-0.2, 0) is 9.47 Å². The Bertz CT molecular complexity index is 226. The molecular weight excluding hydrogens is 269 g/mol. The molecule has 2 nitrogen and oxygen atoms in total. The summed E-state index contributed by atoms with van der Waals surface area (Å²) in [6.45, 7) is 2.34. The van der Waals surface area contributed by atoms with Gasteiger partial charge in [0.05, 0.1) is 12.7 Å². The molecule has 0 radical (unpaired) electrons. The Kier molecular flexibility index (Phi) is 9.27. The van der Waals surface area contributed by atoms with Crippen LogP contribution in [-0.4, -0.2) is 32.1 Å². The number of ether oxygens (including phenoxy) is 2. The number of rotatable bonds is 11. The molecule has 1 atom stereocenters. The van der Waals surface area contributed by atoms with Crippen LogP contribution in [0.2, 0.25) is 0 Å². The van der Waals surface area contributed by atoms with Crippen molar-refractivity contribution in [2.24, 2.45) is 0 Å². The summed E-state index contributed by atoms with van der Waals surface area (Å²) in [5.41, 5.74) is 0. The molecular formula is C15H27F3O2. The summed E-state index contributed by atoms with van der Waals surface area (Å²) in [4.78, 5) is 0. The first-order valence-electron chi connectivity index (χ1n) is 7.84. The van der Waals surface area contributed by atoms with Gasteiger partial charge in [-0.15, -0.1) is 0 Å². The molecule has 1 aliphatic rings. The Labute approximate surface area is 120 Å². The lowest BCUT2D eigenvalue weighted by Gasteiger charge is -2.09. The normalized spacial score (nSPS) is 19.6. The standard InChI is InChI=1S/C15H27F3O2/c16-15(17,18)10-6-4-2-1-3-5-7-11-19-13-14-9-8-12-20-14/h14H,1-13H2. The van der Waals surface area contributed by atoms with Crippen molar-refractivity contribution >= 4 is 0 Å². The lowest BCUT2D eigenvalue weighted by atomic mass is 10.1. The molecule has 0 aromatic heterocycles. The highest BCUT2D eigenvalue weighted by Crippen LogP contribution is 2.23. The monoisotopic (exact) mass is 296 g/mol. The summed E-state index contributed by atoms with van der Waals surface area (Å²) in [6, 6.07) is 0. The second-order valence-electron chi connectivity index (χ2n) is 5.55. The van der Waals surface area contributed by atoms with Crippen molar-refractivity contribution in [2.45, 2.75) is 76.5 Å². The number of hydrogen-bond donors (Lipinski definition) is 0. The number of alkyl halides is 3. The van der Waals surface area contributed by atoms with Crippen LogP contribution in [0, 0.1) is 0 Å². The van der Waals surface area contributed by atoms with Crippen molar-refractivity contribution in [3.05, 3.63) is 0 Å². The third-order valence-electron chi connectivity index (χ3n) is 3.58. The van der Waals surface area contributed by atoms with E-state index in [1.54, 1.807) is 0 Å². The van der Waals surface area contributed by atoms with E-state index in [4.69, 9.17) is 9.47 Å². The lowest BCUT2D eigenvalue weighted by molar-refractivity contribution is -0.135. The molecule has 0 aromatic carbocycles. The van der Waals surface area contributed by atoms with Gasteiger partial charge in [0.25, 0.3) is 0 Å². The molecule has 1 rings (SSSR count). The molecule has 0 bridgehead atoms. The summed E-state index contributed by atoms with van der Waals surface area (Å²) in [6.07, 6.45) is 4.06. The fourth-order valence-corrected chi connectivity index (χ4v) is 2.40. The van der Waals surface area contributed by atoms with E-state index in [-0.39, 0.29) is 6.42 Å². The van der Waals surface area contributed by atoms with Crippen molar-refractivity contribution < 1.29 is 22.6 Å². The van der Waals surface area contributed by atoms with Crippen molar-refractivity contribution in [3.63, 3.8) is 0 Å². The number of halogens is 3. The molecule has 0 N–H and O–H groups in total. The highest BCUT2D eigenvalue weighted by molar-refractivity contribution is 4.63. The summed E-state index contributed by atoms with van der Waals surface area (Å²) >= 11 is 0. The summed E-state index contributed by atoms with van der Waals surface area (Å²) in [5.74, 6) is 0. The predicted molar refractivity (Wildman–Crippen MR) is 72.8 cm³/mol. The third kappa shape index (κ3) is 10.5. The minimum absolute atomic E-state index is 0.272. The van der Waals surface area contributed by atoms with E-state index < -0.39 is 12.6 Å². The Hall–Kier alpha value is -0.290. The summed E-state index contributed by atoms with van der Waals surface area (Å²) in [5, 5.41) is 0. The van der Waals surface area contributed by atoms with Gasteiger partial charge in [0.15, 0.2) is 0 Å². The first-order valence-corrected chi connectivity index (χ1v) is 7.84. The van der Waals surface area contributed by atoms with E-state index in [1.165, 1.54) is 0 Å².